The Balaban J connectivity index is 1.63. The Morgan fingerprint density at radius 1 is 1.27 bits per heavy atom. The molecule has 0 spiro atoms. The van der Waals surface area contributed by atoms with Crippen molar-refractivity contribution in [3.63, 3.8) is 0 Å². The van der Waals surface area contributed by atoms with Gasteiger partial charge in [-0.05, 0) is 31.4 Å². The number of fused-ring (bicyclic) bond motifs is 1. The molecule has 1 aliphatic heterocycles. The number of alkyl halides is 2. The second-order valence-corrected chi connectivity index (χ2v) is 8.76. The molecule has 3 aromatic heterocycles. The first-order valence-electron chi connectivity index (χ1n) is 10.4. The number of hydrogen-bond donors (Lipinski definition) is 1. The Morgan fingerprint density at radius 3 is 2.85 bits per heavy atom. The van der Waals surface area contributed by atoms with Gasteiger partial charge in [0.25, 0.3) is 6.43 Å². The molecule has 0 bridgehead atoms. The van der Waals surface area contributed by atoms with E-state index >= 15 is 0 Å². The standard InChI is InChI=1S/C22H20ClF2N5O2S/c1-31-18-12(22-26-8-10-33-22)5-4-6-13(18)27-14-11-15(23)28-20-17(14)29-21(19(24)25)30(20)16-7-2-3-9-32-16/h4-6,8,10-11,16,19H,2-3,7,9H2,1H3,(H,27,28). The first kappa shape index (κ1) is 22.0. The van der Waals surface area contributed by atoms with E-state index in [1.807, 2.05) is 23.6 Å². The second-order valence-electron chi connectivity index (χ2n) is 7.48. The van der Waals surface area contributed by atoms with E-state index in [0.717, 1.165) is 23.4 Å². The SMILES string of the molecule is COc1c(Nc2cc(Cl)nc3c2nc(C(F)F)n3C2CCCCO2)cccc1-c1nccs1. The van der Waals surface area contributed by atoms with Crippen LogP contribution in [-0.2, 0) is 4.74 Å². The van der Waals surface area contributed by atoms with Gasteiger partial charge in [0.1, 0.15) is 21.9 Å². The number of pyridine rings is 1. The Labute approximate surface area is 197 Å². The summed E-state index contributed by atoms with van der Waals surface area (Å²) in [5.74, 6) is 0.177. The fourth-order valence-corrected chi connectivity index (χ4v) is 4.88. The molecule has 1 aliphatic rings. The van der Waals surface area contributed by atoms with Crippen molar-refractivity contribution in [2.24, 2.45) is 0 Å². The summed E-state index contributed by atoms with van der Waals surface area (Å²) in [5, 5.41) is 6.09. The number of ether oxygens (including phenoxy) is 2. The van der Waals surface area contributed by atoms with Gasteiger partial charge in [-0.15, -0.1) is 11.3 Å². The van der Waals surface area contributed by atoms with Crippen molar-refractivity contribution in [2.45, 2.75) is 31.9 Å². The van der Waals surface area contributed by atoms with Crippen molar-refractivity contribution >= 4 is 45.5 Å². The van der Waals surface area contributed by atoms with E-state index in [-0.39, 0.29) is 16.3 Å². The Bertz CT molecular complexity index is 1280. The number of methoxy groups -OCH3 is 1. The highest BCUT2D eigenvalue weighted by Crippen LogP contribution is 2.41. The summed E-state index contributed by atoms with van der Waals surface area (Å²) in [7, 11) is 1.57. The number of para-hydroxylation sites is 1. The first-order valence-corrected chi connectivity index (χ1v) is 11.6. The van der Waals surface area contributed by atoms with E-state index < -0.39 is 18.5 Å². The molecule has 1 unspecified atom stereocenters. The van der Waals surface area contributed by atoms with E-state index in [0.29, 0.717) is 30.2 Å². The molecule has 4 aromatic rings. The monoisotopic (exact) mass is 491 g/mol. The average Bonchev–Trinajstić information content (AvgIpc) is 3.48. The molecule has 1 N–H and O–H groups in total. The van der Waals surface area contributed by atoms with Crippen LogP contribution in [0.1, 0.15) is 37.7 Å². The van der Waals surface area contributed by atoms with Crippen LogP contribution in [0.3, 0.4) is 0 Å². The first-order chi connectivity index (χ1) is 16.1. The van der Waals surface area contributed by atoms with Gasteiger partial charge < -0.3 is 14.8 Å². The normalized spacial score (nSPS) is 16.5. The van der Waals surface area contributed by atoms with Gasteiger partial charge in [0, 0.05) is 24.3 Å². The number of rotatable bonds is 6. The summed E-state index contributed by atoms with van der Waals surface area (Å²) in [4.78, 5) is 12.9. The molecule has 0 saturated carbocycles. The fourth-order valence-electron chi connectivity index (χ4n) is 4.04. The highest BCUT2D eigenvalue weighted by Gasteiger charge is 2.29. The number of aromatic nitrogens is 4. The van der Waals surface area contributed by atoms with Crippen molar-refractivity contribution in [1.29, 1.82) is 0 Å². The van der Waals surface area contributed by atoms with E-state index in [1.54, 1.807) is 19.4 Å². The summed E-state index contributed by atoms with van der Waals surface area (Å²) in [6, 6.07) is 7.15. The van der Waals surface area contributed by atoms with Gasteiger partial charge in [-0.2, -0.15) is 0 Å². The maximum absolute atomic E-state index is 14.0. The third kappa shape index (κ3) is 4.14. The predicted molar refractivity (Wildman–Crippen MR) is 124 cm³/mol. The maximum Gasteiger partial charge on any atom is 0.295 e. The van der Waals surface area contributed by atoms with Crippen molar-refractivity contribution in [3.8, 4) is 16.3 Å². The Morgan fingerprint density at radius 2 is 2.15 bits per heavy atom. The van der Waals surface area contributed by atoms with Crippen LogP contribution in [0.5, 0.6) is 5.75 Å². The predicted octanol–water partition coefficient (Wildman–Crippen LogP) is 6.60. The molecule has 1 atom stereocenters. The third-order valence-corrected chi connectivity index (χ3v) is 6.43. The van der Waals surface area contributed by atoms with Crippen LogP contribution in [0.15, 0.2) is 35.8 Å². The highest BCUT2D eigenvalue weighted by atomic mass is 35.5. The van der Waals surface area contributed by atoms with Gasteiger partial charge in [-0.1, -0.05) is 17.7 Å². The molecule has 1 fully saturated rings. The molecule has 5 rings (SSSR count). The van der Waals surface area contributed by atoms with Crippen LogP contribution in [0.4, 0.5) is 20.2 Å². The summed E-state index contributed by atoms with van der Waals surface area (Å²) < 4.78 is 40.7. The highest BCUT2D eigenvalue weighted by molar-refractivity contribution is 7.13. The zero-order valence-corrected chi connectivity index (χ0v) is 19.2. The Kier molecular flexibility index (Phi) is 6.13. The van der Waals surface area contributed by atoms with Gasteiger partial charge in [-0.3, -0.25) is 4.57 Å². The zero-order valence-electron chi connectivity index (χ0n) is 17.6. The maximum atomic E-state index is 14.0. The quantitative estimate of drug-likeness (QED) is 0.306. The fraction of sp³-hybridized carbons (Fsp3) is 0.318. The minimum Gasteiger partial charge on any atom is -0.494 e. The van der Waals surface area contributed by atoms with Crippen molar-refractivity contribution < 1.29 is 18.3 Å². The Hall–Kier alpha value is -2.82. The molecule has 7 nitrogen and oxygen atoms in total. The van der Waals surface area contributed by atoms with Crippen LogP contribution in [0.2, 0.25) is 5.15 Å². The van der Waals surface area contributed by atoms with Crippen LogP contribution in [-0.4, -0.2) is 33.2 Å². The summed E-state index contributed by atoms with van der Waals surface area (Å²) in [6.07, 6.45) is 0.736. The smallest absolute Gasteiger partial charge is 0.295 e. The van der Waals surface area contributed by atoms with Gasteiger partial charge >= 0.3 is 0 Å². The van der Waals surface area contributed by atoms with Crippen LogP contribution in [0, 0.1) is 0 Å². The number of hydrogen-bond acceptors (Lipinski definition) is 7. The minimum absolute atomic E-state index is 0.151. The van der Waals surface area contributed by atoms with Crippen LogP contribution in [0.25, 0.3) is 21.7 Å². The second kappa shape index (κ2) is 9.20. The lowest BCUT2D eigenvalue weighted by Crippen LogP contribution is -2.20. The van der Waals surface area contributed by atoms with Gasteiger partial charge in [0.2, 0.25) is 0 Å². The molecule has 172 valence electrons. The lowest BCUT2D eigenvalue weighted by molar-refractivity contribution is -0.0363. The van der Waals surface area contributed by atoms with E-state index in [2.05, 4.69) is 20.3 Å². The number of benzene rings is 1. The number of halogens is 3. The third-order valence-electron chi connectivity index (χ3n) is 5.43. The van der Waals surface area contributed by atoms with E-state index in [9.17, 15) is 8.78 Å². The van der Waals surface area contributed by atoms with Crippen LogP contribution >= 0.6 is 22.9 Å². The molecule has 33 heavy (non-hydrogen) atoms. The summed E-state index contributed by atoms with van der Waals surface area (Å²) in [6.45, 7) is 0.499. The van der Waals surface area contributed by atoms with Crippen molar-refractivity contribution in [2.75, 3.05) is 19.0 Å². The molecule has 4 heterocycles. The molecule has 1 saturated heterocycles. The zero-order chi connectivity index (χ0) is 22.9. The minimum atomic E-state index is -2.79. The molecular weight excluding hydrogens is 472 g/mol. The topological polar surface area (TPSA) is 74.1 Å². The molecule has 0 amide bonds. The number of nitrogens with one attached hydrogen (secondary N) is 1. The molecular formula is C22H20ClF2N5O2S. The molecule has 1 aromatic carbocycles. The number of anilines is 2. The lowest BCUT2D eigenvalue weighted by atomic mass is 10.1. The van der Waals surface area contributed by atoms with Crippen molar-refractivity contribution in [3.05, 3.63) is 46.8 Å². The van der Waals surface area contributed by atoms with Crippen LogP contribution < -0.4 is 10.1 Å². The van der Waals surface area contributed by atoms with E-state index in [4.69, 9.17) is 21.1 Å². The number of thiazole rings is 1. The number of nitrogens with zero attached hydrogens (tertiary/aromatic N) is 4. The van der Waals surface area contributed by atoms with E-state index in [1.165, 1.54) is 15.9 Å². The van der Waals surface area contributed by atoms with Gasteiger partial charge in [-0.25, -0.2) is 23.7 Å². The molecule has 0 radical (unpaired) electrons. The largest absolute Gasteiger partial charge is 0.494 e. The van der Waals surface area contributed by atoms with Crippen molar-refractivity contribution in [1.82, 2.24) is 19.5 Å². The molecule has 11 heteroatoms. The van der Waals surface area contributed by atoms with Gasteiger partial charge in [0.05, 0.1) is 24.0 Å². The molecule has 0 aliphatic carbocycles. The lowest BCUT2D eigenvalue weighted by Gasteiger charge is -2.25. The number of imidazole rings is 1. The summed E-state index contributed by atoms with van der Waals surface area (Å²) in [5.41, 5.74) is 2.41. The average molecular weight is 492 g/mol. The van der Waals surface area contributed by atoms with Gasteiger partial charge in [0.15, 0.2) is 17.2 Å². The summed E-state index contributed by atoms with van der Waals surface area (Å²) >= 11 is 7.80.